The van der Waals surface area contributed by atoms with Crippen LogP contribution < -0.4 is 5.11 Å². The monoisotopic (exact) mass is 278 g/mol. The van der Waals surface area contributed by atoms with Crippen LogP contribution in [0.5, 0.6) is 0 Å². The van der Waals surface area contributed by atoms with Crippen LogP contribution in [0, 0.1) is 10.1 Å². The first-order valence-corrected chi connectivity index (χ1v) is 5.96. The number of hydrogen-bond donors (Lipinski definition) is 0. The van der Waals surface area contributed by atoms with Crippen molar-refractivity contribution in [2.45, 2.75) is 9.92 Å². The van der Waals surface area contributed by atoms with Crippen molar-refractivity contribution in [2.24, 2.45) is 7.05 Å². The van der Waals surface area contributed by atoms with Gasteiger partial charge < -0.3 is 24.6 Å². The minimum Gasteiger partial charge on any atom is -0.545 e. The highest BCUT2D eigenvalue weighted by molar-refractivity contribution is 7.99. The van der Waals surface area contributed by atoms with Gasteiger partial charge in [-0.05, 0) is 16.0 Å². The molecule has 2 rings (SSSR count). The Kier molecular flexibility index (Phi) is 3.52. The zero-order valence-corrected chi connectivity index (χ0v) is 10.6. The van der Waals surface area contributed by atoms with Gasteiger partial charge in [-0.15, -0.1) is 0 Å². The van der Waals surface area contributed by atoms with E-state index in [0.29, 0.717) is 4.90 Å². The SMILES string of the molecule is Cn1cnc([N+](=O)[O-])c1Sc1ccccc1C(=O)[O-]. The summed E-state index contributed by atoms with van der Waals surface area (Å²) in [6, 6.07) is 6.16. The molecule has 0 N–H and O–H groups in total. The van der Waals surface area contributed by atoms with Crippen molar-refractivity contribution in [2.75, 3.05) is 0 Å². The van der Waals surface area contributed by atoms with Gasteiger partial charge in [-0.1, -0.05) is 30.0 Å². The van der Waals surface area contributed by atoms with Crippen molar-refractivity contribution in [3.63, 3.8) is 0 Å². The first kappa shape index (κ1) is 13.1. The highest BCUT2D eigenvalue weighted by Crippen LogP contribution is 2.35. The van der Waals surface area contributed by atoms with Gasteiger partial charge in [0.1, 0.15) is 0 Å². The van der Waals surface area contributed by atoms with Crippen LogP contribution in [0.1, 0.15) is 10.4 Å². The van der Waals surface area contributed by atoms with Gasteiger partial charge in [0.05, 0.1) is 5.97 Å². The molecule has 1 aromatic carbocycles. The topological polar surface area (TPSA) is 101 Å². The van der Waals surface area contributed by atoms with Gasteiger partial charge in [-0.2, -0.15) is 0 Å². The standard InChI is InChI=1S/C11H9N3O4S/c1-13-6-12-9(14(17)18)10(13)19-8-5-3-2-4-7(8)11(15)16/h2-6H,1H3,(H,15,16)/p-1. The highest BCUT2D eigenvalue weighted by Gasteiger charge is 2.21. The Labute approximate surface area is 112 Å². The predicted molar refractivity (Wildman–Crippen MR) is 64.8 cm³/mol. The second-order valence-corrected chi connectivity index (χ2v) is 4.66. The number of nitrogens with zero attached hydrogens (tertiary/aromatic N) is 3. The number of carbonyl (C=O) groups is 1. The Morgan fingerprint density at radius 1 is 1.42 bits per heavy atom. The lowest BCUT2D eigenvalue weighted by molar-refractivity contribution is -0.392. The van der Waals surface area contributed by atoms with E-state index in [9.17, 15) is 20.0 Å². The Bertz CT molecular complexity index is 653. The quantitative estimate of drug-likeness (QED) is 0.606. The summed E-state index contributed by atoms with van der Waals surface area (Å²) in [6.07, 6.45) is 1.31. The van der Waals surface area contributed by atoms with Gasteiger partial charge in [0.15, 0.2) is 5.03 Å². The maximum absolute atomic E-state index is 11.0. The second kappa shape index (κ2) is 5.11. The maximum atomic E-state index is 11.0. The third kappa shape index (κ3) is 2.58. The number of carboxylic acids is 1. The van der Waals surface area contributed by atoms with Crippen LogP contribution in [0.25, 0.3) is 0 Å². The number of nitro groups is 1. The fourth-order valence-corrected chi connectivity index (χ4v) is 2.50. The molecule has 98 valence electrons. The molecule has 0 amide bonds. The van der Waals surface area contributed by atoms with Crippen LogP contribution >= 0.6 is 11.8 Å². The van der Waals surface area contributed by atoms with Crippen molar-refractivity contribution in [1.82, 2.24) is 9.55 Å². The fraction of sp³-hybridized carbons (Fsp3) is 0.0909. The molecule has 0 bridgehead atoms. The molecular weight excluding hydrogens is 270 g/mol. The number of carbonyl (C=O) groups excluding carboxylic acids is 1. The van der Waals surface area contributed by atoms with Gasteiger partial charge in [0.2, 0.25) is 6.33 Å². The largest absolute Gasteiger partial charge is 0.545 e. The second-order valence-electron chi connectivity index (χ2n) is 3.63. The van der Waals surface area contributed by atoms with Crippen molar-refractivity contribution in [3.05, 3.63) is 46.3 Å². The first-order chi connectivity index (χ1) is 9.00. The lowest BCUT2D eigenvalue weighted by Crippen LogP contribution is -2.22. The van der Waals surface area contributed by atoms with Gasteiger partial charge >= 0.3 is 5.82 Å². The predicted octanol–water partition coefficient (Wildman–Crippen LogP) is 0.843. The summed E-state index contributed by atoms with van der Waals surface area (Å²) in [6.45, 7) is 0. The summed E-state index contributed by atoms with van der Waals surface area (Å²) in [4.78, 5) is 25.2. The number of aryl methyl sites for hydroxylation is 1. The van der Waals surface area contributed by atoms with Crippen LogP contribution in [0.3, 0.4) is 0 Å². The third-order valence-electron chi connectivity index (χ3n) is 2.35. The van der Waals surface area contributed by atoms with E-state index >= 15 is 0 Å². The molecule has 0 aliphatic carbocycles. The first-order valence-electron chi connectivity index (χ1n) is 5.14. The zero-order valence-electron chi connectivity index (χ0n) is 9.77. The molecule has 0 saturated carbocycles. The minimum absolute atomic E-state index is 0.0111. The number of imidazole rings is 1. The number of rotatable bonds is 4. The summed E-state index contributed by atoms with van der Waals surface area (Å²) < 4.78 is 1.47. The Balaban J connectivity index is 2.45. The molecule has 1 heterocycles. The van der Waals surface area contributed by atoms with E-state index in [1.807, 2.05) is 0 Å². The molecule has 0 radical (unpaired) electrons. The highest BCUT2D eigenvalue weighted by atomic mass is 32.2. The molecule has 0 atom stereocenters. The number of aromatic carboxylic acids is 1. The lowest BCUT2D eigenvalue weighted by atomic mass is 10.2. The summed E-state index contributed by atoms with van der Waals surface area (Å²) in [5.41, 5.74) is -0.0111. The molecule has 0 fully saturated rings. The molecule has 7 nitrogen and oxygen atoms in total. The van der Waals surface area contributed by atoms with Gasteiger partial charge in [-0.25, -0.2) is 0 Å². The molecule has 1 aromatic heterocycles. The number of benzene rings is 1. The van der Waals surface area contributed by atoms with Crippen molar-refractivity contribution >= 4 is 23.5 Å². The summed E-state index contributed by atoms with van der Waals surface area (Å²) in [5, 5.41) is 22.1. The molecule has 0 saturated heterocycles. The summed E-state index contributed by atoms with van der Waals surface area (Å²) in [7, 11) is 1.60. The van der Waals surface area contributed by atoms with Crippen LogP contribution in [-0.2, 0) is 7.05 Å². The normalized spacial score (nSPS) is 10.4. The van der Waals surface area contributed by atoms with E-state index < -0.39 is 10.9 Å². The van der Waals surface area contributed by atoms with Crippen LogP contribution in [0.4, 0.5) is 5.82 Å². The lowest BCUT2D eigenvalue weighted by Gasteiger charge is -2.09. The van der Waals surface area contributed by atoms with Crippen molar-refractivity contribution < 1.29 is 14.8 Å². The Hall–Kier alpha value is -2.35. The molecule has 0 aliphatic heterocycles. The van der Waals surface area contributed by atoms with E-state index in [1.54, 1.807) is 25.2 Å². The van der Waals surface area contributed by atoms with E-state index in [-0.39, 0.29) is 16.4 Å². The molecule has 19 heavy (non-hydrogen) atoms. The molecule has 0 unspecified atom stereocenters. The molecule has 8 heteroatoms. The molecular formula is C11H8N3O4S-. The molecule has 0 aliphatic rings. The Morgan fingerprint density at radius 2 is 2.11 bits per heavy atom. The summed E-state index contributed by atoms with van der Waals surface area (Å²) >= 11 is 0.969. The summed E-state index contributed by atoms with van der Waals surface area (Å²) in [5.74, 6) is -1.63. The zero-order chi connectivity index (χ0) is 14.0. The van der Waals surface area contributed by atoms with Crippen molar-refractivity contribution in [1.29, 1.82) is 0 Å². The van der Waals surface area contributed by atoms with E-state index in [2.05, 4.69) is 4.98 Å². The number of carboxylic acid groups (broad SMARTS) is 1. The maximum Gasteiger partial charge on any atom is 0.396 e. The van der Waals surface area contributed by atoms with E-state index in [4.69, 9.17) is 0 Å². The Morgan fingerprint density at radius 3 is 2.74 bits per heavy atom. The van der Waals surface area contributed by atoms with E-state index in [0.717, 1.165) is 11.8 Å². The van der Waals surface area contributed by atoms with Crippen LogP contribution in [0.2, 0.25) is 0 Å². The fourth-order valence-electron chi connectivity index (χ4n) is 1.48. The van der Waals surface area contributed by atoms with Gasteiger partial charge in [0.25, 0.3) is 0 Å². The third-order valence-corrected chi connectivity index (χ3v) is 3.59. The van der Waals surface area contributed by atoms with E-state index in [1.165, 1.54) is 17.0 Å². The number of aromatic nitrogens is 2. The smallest absolute Gasteiger partial charge is 0.396 e. The van der Waals surface area contributed by atoms with Crippen LogP contribution in [0.15, 0.2) is 40.5 Å². The van der Waals surface area contributed by atoms with Crippen molar-refractivity contribution in [3.8, 4) is 0 Å². The van der Waals surface area contributed by atoms with Crippen LogP contribution in [-0.4, -0.2) is 20.4 Å². The van der Waals surface area contributed by atoms with Gasteiger partial charge in [0, 0.05) is 17.5 Å². The minimum atomic E-state index is -1.33. The molecule has 2 aromatic rings. The number of hydrogen-bond acceptors (Lipinski definition) is 6. The molecule has 0 spiro atoms. The van der Waals surface area contributed by atoms with Gasteiger partial charge in [-0.3, -0.25) is 0 Å². The average molecular weight is 278 g/mol. The average Bonchev–Trinajstić information content (AvgIpc) is 2.72.